The molecule has 1 aliphatic carbocycles. The summed E-state index contributed by atoms with van der Waals surface area (Å²) in [7, 11) is 0. The van der Waals surface area contributed by atoms with Gasteiger partial charge in [-0.05, 0) is 141 Å². The highest BCUT2D eigenvalue weighted by Crippen LogP contribution is 2.53. The third-order valence-electron chi connectivity index (χ3n) is 16.3. The second-order valence-electron chi connectivity index (χ2n) is 23.8. The Morgan fingerprint density at radius 3 is 2.00 bits per heavy atom. The zero-order chi connectivity index (χ0) is 54.0. The summed E-state index contributed by atoms with van der Waals surface area (Å²) in [5, 5.41) is 2.11. The van der Waals surface area contributed by atoms with Gasteiger partial charge in [0.15, 0.2) is 0 Å². The Bertz CT molecular complexity index is 4030. The van der Waals surface area contributed by atoms with Gasteiger partial charge in [-0.15, -0.1) is 0 Å². The lowest BCUT2D eigenvalue weighted by Crippen LogP contribution is -2.33. The minimum Gasteiger partial charge on any atom is -0.457 e. The van der Waals surface area contributed by atoms with Gasteiger partial charge < -0.3 is 19.3 Å². The third kappa shape index (κ3) is 8.12. The molecule has 16 rings (SSSR count). The highest BCUT2D eigenvalue weighted by atomic mass is 16.5. The molecule has 0 fully saturated rings. The first kappa shape index (κ1) is 45.3. The van der Waals surface area contributed by atoms with Crippen LogP contribution < -0.4 is 19.3 Å². The summed E-state index contributed by atoms with van der Waals surface area (Å²) in [6, 6.07) is 62.5. The fourth-order valence-corrected chi connectivity index (χ4v) is 12.1. The van der Waals surface area contributed by atoms with Gasteiger partial charge in [-0.25, -0.2) is 4.98 Å². The zero-order valence-corrected chi connectivity index (χ0v) is 45.1. The van der Waals surface area contributed by atoms with Crippen LogP contribution in [0.3, 0.4) is 0 Å². The second-order valence-corrected chi connectivity index (χ2v) is 23.8. The molecule has 2 aromatic heterocycles. The van der Waals surface area contributed by atoms with Gasteiger partial charge in [-0.3, -0.25) is 4.57 Å². The maximum Gasteiger partial charge on any atom is 0.137 e. The van der Waals surface area contributed by atoms with Crippen molar-refractivity contribution in [3.8, 4) is 62.2 Å². The van der Waals surface area contributed by atoms with Gasteiger partial charge in [-0.1, -0.05) is 159 Å². The maximum atomic E-state index is 9.71. The van der Waals surface area contributed by atoms with E-state index in [9.17, 15) is 2.74 Å². The number of pyridine rings is 1. The summed E-state index contributed by atoms with van der Waals surface area (Å²) in [6.07, 6.45) is 2.37. The average molecular weight is 997 g/mol. The molecular weight excluding hydrogens is 929 g/mol. The number of aromatic nitrogens is 2. The predicted molar refractivity (Wildman–Crippen MR) is 316 cm³/mol. The first-order valence-corrected chi connectivity index (χ1v) is 27.0. The molecule has 6 aliphatic rings. The fourth-order valence-electron chi connectivity index (χ4n) is 12.1. The van der Waals surface area contributed by atoms with Gasteiger partial charge in [0.05, 0.1) is 28.1 Å². The number of anilines is 4. The molecule has 0 unspecified atom stereocenters. The Morgan fingerprint density at radius 1 is 0.566 bits per heavy atom. The number of ether oxygens (including phenoxy) is 2. The number of benzene rings is 8. The molecule has 7 heterocycles. The molecule has 8 aromatic carbocycles. The normalized spacial score (nSPS) is 15.9. The van der Waals surface area contributed by atoms with Crippen molar-refractivity contribution in [2.24, 2.45) is 5.92 Å². The topological polar surface area (TPSA) is 42.8 Å². The molecule has 0 atom stereocenters. The monoisotopic (exact) mass is 997 g/mol. The van der Waals surface area contributed by atoms with Crippen LogP contribution in [0.1, 0.15) is 100 Å². The van der Waals surface area contributed by atoms with E-state index in [0.717, 1.165) is 85.4 Å². The van der Waals surface area contributed by atoms with Crippen molar-refractivity contribution in [1.29, 1.82) is 0 Å². The summed E-state index contributed by atoms with van der Waals surface area (Å²) < 4.78 is 35.6. The minimum absolute atomic E-state index is 0.0324. The lowest BCUT2D eigenvalue weighted by atomic mass is 9.63. The molecule has 0 spiro atoms. The number of nitrogens with zero attached hydrogens (tertiary/aromatic N) is 4. The number of hydrogen-bond donors (Lipinski definition) is 0. The van der Waals surface area contributed by atoms with E-state index in [1.54, 1.807) is 0 Å². The van der Waals surface area contributed by atoms with Crippen LogP contribution in [0.4, 0.5) is 22.7 Å². The van der Waals surface area contributed by atoms with E-state index in [0.29, 0.717) is 40.9 Å². The van der Waals surface area contributed by atoms with Crippen LogP contribution in [0.2, 0.25) is 0 Å². The molecule has 0 amide bonds. The number of fused-ring (bicyclic) bond motifs is 4. The second kappa shape index (κ2) is 17.8. The molecule has 76 heavy (non-hydrogen) atoms. The lowest BCUT2D eigenvalue weighted by molar-refractivity contribution is 0.332. The van der Waals surface area contributed by atoms with Crippen molar-refractivity contribution in [3.05, 3.63) is 204 Å². The van der Waals surface area contributed by atoms with E-state index in [2.05, 4.69) is 202 Å². The molecule has 378 valence electrons. The molecule has 0 saturated carbocycles. The van der Waals surface area contributed by atoms with E-state index < -0.39 is 6.37 Å². The summed E-state index contributed by atoms with van der Waals surface area (Å²) in [5.41, 5.74) is 16.7. The lowest BCUT2D eigenvalue weighted by Gasteiger charge is -2.42. The third-order valence-corrected chi connectivity index (χ3v) is 16.3. The highest BCUT2D eigenvalue weighted by Gasteiger charge is 2.38. The van der Waals surface area contributed by atoms with E-state index in [4.69, 9.17) is 14.5 Å². The Labute approximate surface area is 451 Å². The Hall–Kier alpha value is -8.09. The molecule has 0 radical (unpaired) electrons. The number of para-hydroxylation sites is 5. The molecule has 6 nitrogen and oxygen atoms in total. The van der Waals surface area contributed by atoms with Crippen LogP contribution in [-0.4, -0.2) is 16.2 Å². The molecule has 10 aromatic rings. The fraction of sp³-hybridized carbons (Fsp3) is 0.243. The number of hydrogen-bond acceptors (Lipinski definition) is 5. The first-order valence-electron chi connectivity index (χ1n) is 28.0. The van der Waals surface area contributed by atoms with Crippen molar-refractivity contribution < 1.29 is 12.2 Å². The first-order chi connectivity index (χ1) is 37.3. The van der Waals surface area contributed by atoms with Crippen LogP contribution in [0, 0.1) is 5.92 Å². The quantitative estimate of drug-likeness (QED) is 0.176. The molecule has 0 N–H and O–H groups in total. The Kier molecular flexibility index (Phi) is 10.6. The molecule has 0 saturated heterocycles. The molecule has 10 bridgehead atoms. The van der Waals surface area contributed by atoms with Gasteiger partial charge in [-0.2, -0.15) is 0 Å². The van der Waals surface area contributed by atoms with E-state index in [-0.39, 0.29) is 22.2 Å². The van der Waals surface area contributed by atoms with Crippen LogP contribution in [0.15, 0.2) is 182 Å². The summed E-state index contributed by atoms with van der Waals surface area (Å²) >= 11 is 0. The van der Waals surface area contributed by atoms with Crippen LogP contribution >= 0.6 is 0 Å². The van der Waals surface area contributed by atoms with Crippen molar-refractivity contribution in [3.63, 3.8) is 0 Å². The minimum atomic E-state index is -1.74. The van der Waals surface area contributed by atoms with Crippen molar-refractivity contribution in [1.82, 2.24) is 9.55 Å². The maximum absolute atomic E-state index is 9.71. The van der Waals surface area contributed by atoms with Crippen LogP contribution in [-0.2, 0) is 22.6 Å². The molecule has 6 heteroatoms. The van der Waals surface area contributed by atoms with E-state index in [1.165, 1.54) is 22.3 Å². The van der Waals surface area contributed by atoms with Gasteiger partial charge >= 0.3 is 0 Å². The van der Waals surface area contributed by atoms with Crippen LogP contribution in [0.5, 0.6) is 23.0 Å². The predicted octanol–water partition coefficient (Wildman–Crippen LogP) is 19.2. The standard InChI is InChI=1S/C70H66N4O2/c1-44(2)35-47-37-66-71-42-58(47)57-18-11-15-24-65(57)76-50-28-25-45(26-29-50)53-19-16-20-54(46-27-32-59-60(36-46)70(8,9)34-33-69(59,6)7)67(53)73-43-72(62-22-13-14-23-63(62)73)49-38-48(68(3,4)5)39-52(40-49)75-51-30-31-56-55-17-10-12-21-61(55)74(66)64(56)41-51/h10-32,36-42,44H,33-35,43H2,1-9H3/i35D2. The van der Waals surface area contributed by atoms with Crippen molar-refractivity contribution in [2.45, 2.75) is 97.8 Å². The van der Waals surface area contributed by atoms with Gasteiger partial charge in [0.1, 0.15) is 35.5 Å². The summed E-state index contributed by atoms with van der Waals surface area (Å²) in [4.78, 5) is 10.2. The van der Waals surface area contributed by atoms with Gasteiger partial charge in [0.25, 0.3) is 0 Å². The zero-order valence-electron chi connectivity index (χ0n) is 47.1. The number of rotatable bonds is 3. The molecule has 5 aliphatic heterocycles. The smallest absolute Gasteiger partial charge is 0.137 e. The average Bonchev–Trinajstić information content (AvgIpc) is 4.13. The van der Waals surface area contributed by atoms with Crippen LogP contribution in [0.25, 0.3) is 61.0 Å². The Balaban J connectivity index is 1.06. The summed E-state index contributed by atoms with van der Waals surface area (Å²) in [5.74, 6) is 2.97. The van der Waals surface area contributed by atoms with E-state index >= 15 is 0 Å². The van der Waals surface area contributed by atoms with E-state index in [1.807, 2.05) is 56.4 Å². The SMILES string of the molecule is [2H]C([2H])(c1cc2ncc1-c1ccccc1Oc1ccc(cc1)-c1cccc(-c3ccc4c(c3)C(C)(C)CCC4(C)C)c1N1CN(c3cc(cc(C(C)(C)C)c3)Oc3ccc4c5ccccc5n-2c4c3)c2ccccc21)C(C)C. The van der Waals surface area contributed by atoms with Gasteiger partial charge in [0, 0.05) is 59.8 Å². The van der Waals surface area contributed by atoms with Crippen molar-refractivity contribution >= 4 is 44.6 Å². The Morgan fingerprint density at radius 2 is 1.22 bits per heavy atom. The largest absolute Gasteiger partial charge is 0.457 e. The molecular formula is C70H66N4O2. The highest BCUT2D eigenvalue weighted by molar-refractivity contribution is 6.09. The summed E-state index contributed by atoms with van der Waals surface area (Å²) in [6.45, 7) is 20.8. The van der Waals surface area contributed by atoms with Crippen molar-refractivity contribution in [2.75, 3.05) is 16.5 Å². The van der Waals surface area contributed by atoms with Gasteiger partial charge in [0.2, 0.25) is 0 Å².